The third kappa shape index (κ3) is 3.30. The molecular formula is C12H16N2O3S. The van der Waals surface area contributed by atoms with Crippen LogP contribution in [0.25, 0.3) is 0 Å². The third-order valence-electron chi connectivity index (χ3n) is 2.99. The van der Waals surface area contributed by atoms with Crippen LogP contribution >= 0.6 is 0 Å². The van der Waals surface area contributed by atoms with E-state index in [2.05, 4.69) is 5.32 Å². The molecule has 0 spiro atoms. The van der Waals surface area contributed by atoms with E-state index < -0.39 is 9.84 Å². The van der Waals surface area contributed by atoms with Crippen molar-refractivity contribution in [2.45, 2.75) is 12.5 Å². The van der Waals surface area contributed by atoms with Crippen molar-refractivity contribution in [1.29, 1.82) is 0 Å². The van der Waals surface area contributed by atoms with E-state index in [1.807, 2.05) is 0 Å². The summed E-state index contributed by atoms with van der Waals surface area (Å²) in [4.78, 5) is 11.8. The van der Waals surface area contributed by atoms with Crippen molar-refractivity contribution in [1.82, 2.24) is 5.32 Å². The normalized spacial score (nSPS) is 21.9. The average molecular weight is 268 g/mol. The standard InChI is InChI=1S/C12H16N2O3S/c13-10-3-1-2-9(6-10)12(15)7-14-11-4-5-18(16,17)8-11/h1-3,6,11,14H,4-5,7-8,13H2. The highest BCUT2D eigenvalue weighted by atomic mass is 32.2. The lowest BCUT2D eigenvalue weighted by molar-refractivity contribution is 0.0988. The Hall–Kier alpha value is -1.40. The molecule has 3 N–H and O–H groups in total. The molecule has 1 aromatic carbocycles. The van der Waals surface area contributed by atoms with Crippen molar-refractivity contribution in [3.8, 4) is 0 Å². The number of ketones is 1. The van der Waals surface area contributed by atoms with Crippen LogP contribution in [0.1, 0.15) is 16.8 Å². The zero-order valence-electron chi connectivity index (χ0n) is 9.93. The van der Waals surface area contributed by atoms with Gasteiger partial charge >= 0.3 is 0 Å². The maximum atomic E-state index is 11.8. The smallest absolute Gasteiger partial charge is 0.176 e. The van der Waals surface area contributed by atoms with Gasteiger partial charge < -0.3 is 11.1 Å². The van der Waals surface area contributed by atoms with Crippen LogP contribution in [0.4, 0.5) is 5.69 Å². The molecule has 5 nitrogen and oxygen atoms in total. The first-order valence-corrected chi connectivity index (χ1v) is 7.61. The number of anilines is 1. The minimum absolute atomic E-state index is 0.0772. The van der Waals surface area contributed by atoms with E-state index in [0.29, 0.717) is 17.7 Å². The van der Waals surface area contributed by atoms with Crippen molar-refractivity contribution in [3.05, 3.63) is 29.8 Å². The van der Waals surface area contributed by atoms with E-state index in [-0.39, 0.29) is 29.9 Å². The fraction of sp³-hybridized carbons (Fsp3) is 0.417. The average Bonchev–Trinajstić information content (AvgIpc) is 2.66. The molecule has 1 aromatic rings. The van der Waals surface area contributed by atoms with Gasteiger partial charge in [0, 0.05) is 17.3 Å². The van der Waals surface area contributed by atoms with Crippen LogP contribution in [0.15, 0.2) is 24.3 Å². The molecule has 0 bridgehead atoms. The minimum Gasteiger partial charge on any atom is -0.399 e. The van der Waals surface area contributed by atoms with Gasteiger partial charge in [-0.05, 0) is 18.6 Å². The predicted molar refractivity (Wildman–Crippen MR) is 70.2 cm³/mol. The number of nitrogens with one attached hydrogen (secondary N) is 1. The maximum Gasteiger partial charge on any atom is 0.176 e. The molecule has 1 heterocycles. The van der Waals surface area contributed by atoms with Crippen molar-refractivity contribution >= 4 is 21.3 Å². The molecule has 0 amide bonds. The zero-order valence-corrected chi connectivity index (χ0v) is 10.7. The Labute approximate surface area is 106 Å². The number of rotatable bonds is 4. The number of Topliss-reactive ketones (excluding diaryl/α,β-unsaturated/α-hetero) is 1. The summed E-state index contributed by atoms with van der Waals surface area (Å²) in [6.07, 6.45) is 0.576. The summed E-state index contributed by atoms with van der Waals surface area (Å²) in [5.41, 5.74) is 6.69. The Morgan fingerprint density at radius 1 is 1.44 bits per heavy atom. The number of nitrogens with two attached hydrogens (primary N) is 1. The van der Waals surface area contributed by atoms with Gasteiger partial charge in [-0.3, -0.25) is 4.79 Å². The van der Waals surface area contributed by atoms with Gasteiger partial charge in [0.25, 0.3) is 0 Å². The molecule has 1 fully saturated rings. The number of nitrogen functional groups attached to an aromatic ring is 1. The quantitative estimate of drug-likeness (QED) is 0.602. The summed E-state index contributed by atoms with van der Waals surface area (Å²) in [6, 6.07) is 6.65. The van der Waals surface area contributed by atoms with Crippen LogP contribution in [0, 0.1) is 0 Å². The minimum atomic E-state index is -2.91. The summed E-state index contributed by atoms with van der Waals surface area (Å²) >= 11 is 0. The molecule has 1 aliphatic rings. The van der Waals surface area contributed by atoms with E-state index in [1.54, 1.807) is 24.3 Å². The molecule has 6 heteroatoms. The summed E-state index contributed by atoms with van der Waals surface area (Å²) in [7, 11) is -2.91. The highest BCUT2D eigenvalue weighted by molar-refractivity contribution is 7.91. The number of benzene rings is 1. The molecular weight excluding hydrogens is 252 g/mol. The second-order valence-electron chi connectivity index (χ2n) is 4.53. The Morgan fingerprint density at radius 3 is 2.83 bits per heavy atom. The Morgan fingerprint density at radius 2 is 2.22 bits per heavy atom. The van der Waals surface area contributed by atoms with Crippen LogP contribution in [0.3, 0.4) is 0 Å². The van der Waals surface area contributed by atoms with Crippen LogP contribution < -0.4 is 11.1 Å². The van der Waals surface area contributed by atoms with Gasteiger partial charge in [0.2, 0.25) is 0 Å². The van der Waals surface area contributed by atoms with Gasteiger partial charge in [-0.1, -0.05) is 12.1 Å². The molecule has 0 aliphatic carbocycles. The molecule has 1 atom stereocenters. The molecule has 0 saturated carbocycles. The number of hydrogen-bond donors (Lipinski definition) is 2. The van der Waals surface area contributed by atoms with Crippen molar-refractivity contribution in [2.24, 2.45) is 0 Å². The molecule has 98 valence electrons. The Balaban J connectivity index is 1.90. The molecule has 1 aliphatic heterocycles. The lowest BCUT2D eigenvalue weighted by atomic mass is 10.1. The first-order chi connectivity index (χ1) is 8.46. The highest BCUT2D eigenvalue weighted by Gasteiger charge is 2.27. The molecule has 18 heavy (non-hydrogen) atoms. The highest BCUT2D eigenvalue weighted by Crippen LogP contribution is 2.12. The van der Waals surface area contributed by atoms with Crippen LogP contribution in [-0.2, 0) is 9.84 Å². The van der Waals surface area contributed by atoms with Crippen molar-refractivity contribution in [2.75, 3.05) is 23.8 Å². The molecule has 1 saturated heterocycles. The van der Waals surface area contributed by atoms with Crippen molar-refractivity contribution < 1.29 is 13.2 Å². The van der Waals surface area contributed by atoms with Gasteiger partial charge in [0.1, 0.15) is 0 Å². The number of sulfone groups is 1. The van der Waals surface area contributed by atoms with Crippen LogP contribution in [0.5, 0.6) is 0 Å². The van der Waals surface area contributed by atoms with Gasteiger partial charge in [-0.25, -0.2) is 8.42 Å². The fourth-order valence-electron chi connectivity index (χ4n) is 2.01. The second-order valence-corrected chi connectivity index (χ2v) is 6.76. The van der Waals surface area contributed by atoms with Gasteiger partial charge in [0.15, 0.2) is 15.6 Å². The number of carbonyl (C=O) groups excluding carboxylic acids is 1. The van der Waals surface area contributed by atoms with Crippen LogP contribution in [0.2, 0.25) is 0 Å². The summed E-state index contributed by atoms with van der Waals surface area (Å²) < 4.78 is 22.5. The van der Waals surface area contributed by atoms with Gasteiger partial charge in [0.05, 0.1) is 18.1 Å². The SMILES string of the molecule is Nc1cccc(C(=O)CNC2CCS(=O)(=O)C2)c1. The molecule has 0 aromatic heterocycles. The number of carbonyl (C=O) groups is 1. The second kappa shape index (κ2) is 5.07. The largest absolute Gasteiger partial charge is 0.399 e. The van der Waals surface area contributed by atoms with Crippen LogP contribution in [-0.4, -0.2) is 38.3 Å². The summed E-state index contributed by atoms with van der Waals surface area (Å²) in [5.74, 6) is 0.251. The maximum absolute atomic E-state index is 11.8. The van der Waals surface area contributed by atoms with E-state index in [9.17, 15) is 13.2 Å². The van der Waals surface area contributed by atoms with E-state index in [0.717, 1.165) is 0 Å². The Bertz CT molecular complexity index is 554. The monoisotopic (exact) mass is 268 g/mol. The lowest BCUT2D eigenvalue weighted by Gasteiger charge is -2.09. The first kappa shape index (κ1) is 13.0. The van der Waals surface area contributed by atoms with E-state index in [4.69, 9.17) is 5.73 Å². The first-order valence-electron chi connectivity index (χ1n) is 5.79. The number of hydrogen-bond acceptors (Lipinski definition) is 5. The lowest BCUT2D eigenvalue weighted by Crippen LogP contribution is -2.34. The topological polar surface area (TPSA) is 89.3 Å². The van der Waals surface area contributed by atoms with E-state index >= 15 is 0 Å². The molecule has 1 unspecified atom stereocenters. The predicted octanol–water partition coefficient (Wildman–Crippen LogP) is 0.228. The molecule has 2 rings (SSSR count). The zero-order chi connectivity index (χ0) is 13.2. The van der Waals surface area contributed by atoms with E-state index in [1.165, 1.54) is 0 Å². The van der Waals surface area contributed by atoms with Crippen molar-refractivity contribution in [3.63, 3.8) is 0 Å². The van der Waals surface area contributed by atoms with Gasteiger partial charge in [-0.15, -0.1) is 0 Å². The summed E-state index contributed by atoms with van der Waals surface area (Å²) in [5, 5.41) is 2.99. The third-order valence-corrected chi connectivity index (χ3v) is 4.76. The Kier molecular flexibility index (Phi) is 3.68. The fourth-order valence-corrected chi connectivity index (χ4v) is 3.72. The summed E-state index contributed by atoms with van der Waals surface area (Å²) in [6.45, 7) is 0.143. The van der Waals surface area contributed by atoms with Gasteiger partial charge in [-0.2, -0.15) is 0 Å². The molecule has 0 radical (unpaired) electrons.